The van der Waals surface area contributed by atoms with Crippen LogP contribution in [0.15, 0.2) is 65.1 Å². The first kappa shape index (κ1) is 23.5. The van der Waals surface area contributed by atoms with Gasteiger partial charge in [-0.05, 0) is 73.2 Å². The second kappa shape index (κ2) is 11.5. The van der Waals surface area contributed by atoms with Gasteiger partial charge in [0.25, 0.3) is 5.91 Å². The van der Waals surface area contributed by atoms with Crippen LogP contribution in [-0.4, -0.2) is 24.1 Å². The fraction of sp³-hybridized carbons (Fsp3) is 0.208. The van der Waals surface area contributed by atoms with Crippen LogP contribution in [0.25, 0.3) is 0 Å². The van der Waals surface area contributed by atoms with Crippen LogP contribution >= 0.6 is 22.9 Å². The third-order valence-corrected chi connectivity index (χ3v) is 5.70. The molecular formula is C24H24ClN3O3S. The Morgan fingerprint density at radius 2 is 1.91 bits per heavy atom. The molecule has 3 rings (SSSR count). The van der Waals surface area contributed by atoms with E-state index < -0.39 is 0 Å². The van der Waals surface area contributed by atoms with Crippen molar-refractivity contribution in [3.8, 4) is 5.75 Å². The highest BCUT2D eigenvalue weighted by Gasteiger charge is 2.07. The van der Waals surface area contributed by atoms with Gasteiger partial charge in [0.2, 0.25) is 5.91 Å². The van der Waals surface area contributed by atoms with Gasteiger partial charge in [-0.15, -0.1) is 11.3 Å². The summed E-state index contributed by atoms with van der Waals surface area (Å²) in [6.45, 7) is 4.17. The molecule has 0 bridgehead atoms. The van der Waals surface area contributed by atoms with Crippen molar-refractivity contribution in [2.75, 3.05) is 11.9 Å². The Hall–Kier alpha value is -3.16. The van der Waals surface area contributed by atoms with E-state index >= 15 is 0 Å². The van der Waals surface area contributed by atoms with Crippen LogP contribution in [0.1, 0.15) is 40.6 Å². The number of hydrogen-bond acceptors (Lipinski definition) is 5. The highest BCUT2D eigenvalue weighted by Crippen LogP contribution is 2.22. The van der Waals surface area contributed by atoms with Crippen LogP contribution in [0.3, 0.4) is 0 Å². The first-order valence-corrected chi connectivity index (χ1v) is 11.4. The molecular weight excluding hydrogens is 446 g/mol. The molecule has 2 N–H and O–H groups in total. The van der Waals surface area contributed by atoms with E-state index in [0.29, 0.717) is 40.7 Å². The lowest BCUT2D eigenvalue weighted by Crippen LogP contribution is -2.19. The van der Waals surface area contributed by atoms with Gasteiger partial charge in [-0.2, -0.15) is 5.10 Å². The average Bonchev–Trinajstić information content (AvgIpc) is 3.32. The Morgan fingerprint density at radius 1 is 1.12 bits per heavy atom. The van der Waals surface area contributed by atoms with Gasteiger partial charge in [-0.3, -0.25) is 9.59 Å². The minimum Gasteiger partial charge on any atom is -0.493 e. The second-order valence-electron chi connectivity index (χ2n) is 7.10. The summed E-state index contributed by atoms with van der Waals surface area (Å²) in [5, 5.41) is 9.54. The zero-order valence-corrected chi connectivity index (χ0v) is 19.4. The summed E-state index contributed by atoms with van der Waals surface area (Å²) in [6, 6.07) is 16.3. The third-order valence-electron chi connectivity index (χ3n) is 4.60. The van der Waals surface area contributed by atoms with E-state index in [2.05, 4.69) is 15.8 Å². The molecule has 0 saturated heterocycles. The van der Waals surface area contributed by atoms with Crippen LogP contribution in [0.4, 0.5) is 5.69 Å². The Kier molecular flexibility index (Phi) is 8.41. The van der Waals surface area contributed by atoms with Crippen LogP contribution in [0.5, 0.6) is 5.75 Å². The van der Waals surface area contributed by atoms with Crippen molar-refractivity contribution in [3.05, 3.63) is 81.0 Å². The van der Waals surface area contributed by atoms with Gasteiger partial charge in [0.15, 0.2) is 0 Å². The van der Waals surface area contributed by atoms with E-state index in [9.17, 15) is 9.59 Å². The van der Waals surface area contributed by atoms with Crippen LogP contribution < -0.4 is 15.5 Å². The Morgan fingerprint density at radius 3 is 2.59 bits per heavy atom. The SMILES string of the molecule is CC(=NNC(=O)CCCOc1ccc(Cl)cc1C)c1ccc(NC(=O)c2cccs2)cc1. The number of amides is 2. The molecule has 0 radical (unpaired) electrons. The molecule has 2 amide bonds. The van der Waals surface area contributed by atoms with Crippen molar-refractivity contribution in [1.82, 2.24) is 5.43 Å². The maximum Gasteiger partial charge on any atom is 0.265 e. The molecule has 3 aromatic rings. The van der Waals surface area contributed by atoms with E-state index in [1.807, 2.05) is 49.6 Å². The molecule has 6 nitrogen and oxygen atoms in total. The Labute approximate surface area is 196 Å². The second-order valence-corrected chi connectivity index (χ2v) is 8.49. The highest BCUT2D eigenvalue weighted by atomic mass is 35.5. The maximum absolute atomic E-state index is 12.1. The number of aryl methyl sites for hydroxylation is 1. The summed E-state index contributed by atoms with van der Waals surface area (Å²) in [7, 11) is 0. The van der Waals surface area contributed by atoms with Crippen LogP contribution in [0, 0.1) is 6.92 Å². The number of ether oxygens (including phenoxy) is 1. The van der Waals surface area contributed by atoms with Crippen molar-refractivity contribution in [3.63, 3.8) is 0 Å². The average molecular weight is 470 g/mol. The topological polar surface area (TPSA) is 79.8 Å². The number of thiophene rings is 1. The lowest BCUT2D eigenvalue weighted by atomic mass is 10.1. The van der Waals surface area contributed by atoms with Gasteiger partial charge in [-0.1, -0.05) is 29.8 Å². The fourth-order valence-electron chi connectivity index (χ4n) is 2.85. The number of hydrogen-bond donors (Lipinski definition) is 2. The third kappa shape index (κ3) is 6.93. The quantitative estimate of drug-likeness (QED) is 0.241. The van der Waals surface area contributed by atoms with E-state index in [0.717, 1.165) is 16.9 Å². The molecule has 1 heterocycles. The van der Waals surface area contributed by atoms with E-state index in [-0.39, 0.29) is 11.8 Å². The van der Waals surface area contributed by atoms with Gasteiger partial charge in [0.05, 0.1) is 17.2 Å². The van der Waals surface area contributed by atoms with Crippen molar-refractivity contribution < 1.29 is 14.3 Å². The van der Waals surface area contributed by atoms with E-state index in [1.165, 1.54) is 11.3 Å². The lowest BCUT2D eigenvalue weighted by molar-refractivity contribution is -0.121. The van der Waals surface area contributed by atoms with Crippen LogP contribution in [0.2, 0.25) is 5.02 Å². The van der Waals surface area contributed by atoms with E-state index in [1.54, 1.807) is 24.3 Å². The molecule has 0 aliphatic carbocycles. The molecule has 0 saturated carbocycles. The molecule has 0 unspecified atom stereocenters. The zero-order valence-electron chi connectivity index (χ0n) is 17.9. The molecule has 0 aliphatic rings. The summed E-state index contributed by atoms with van der Waals surface area (Å²) in [6.07, 6.45) is 0.873. The predicted octanol–water partition coefficient (Wildman–Crippen LogP) is 5.66. The van der Waals surface area contributed by atoms with Crippen LogP contribution in [-0.2, 0) is 4.79 Å². The van der Waals surface area contributed by atoms with Gasteiger partial charge in [0, 0.05) is 17.1 Å². The number of nitrogens with one attached hydrogen (secondary N) is 2. The normalized spacial score (nSPS) is 11.2. The zero-order chi connectivity index (χ0) is 22.9. The monoisotopic (exact) mass is 469 g/mol. The van der Waals surface area contributed by atoms with Crippen molar-refractivity contribution >= 4 is 46.2 Å². The Balaban J connectivity index is 1.42. The van der Waals surface area contributed by atoms with Gasteiger partial charge in [-0.25, -0.2) is 5.43 Å². The highest BCUT2D eigenvalue weighted by molar-refractivity contribution is 7.12. The summed E-state index contributed by atoms with van der Waals surface area (Å²) in [5.41, 5.74) is 5.74. The minimum absolute atomic E-state index is 0.138. The van der Waals surface area contributed by atoms with Crippen molar-refractivity contribution in [2.24, 2.45) is 5.10 Å². The Bertz CT molecular complexity index is 1100. The summed E-state index contributed by atoms with van der Waals surface area (Å²) in [4.78, 5) is 24.8. The number of anilines is 1. The predicted molar refractivity (Wildman–Crippen MR) is 130 cm³/mol. The number of rotatable bonds is 9. The van der Waals surface area contributed by atoms with E-state index in [4.69, 9.17) is 16.3 Å². The number of benzene rings is 2. The lowest BCUT2D eigenvalue weighted by Gasteiger charge is -2.09. The number of nitrogens with zero attached hydrogens (tertiary/aromatic N) is 1. The fourth-order valence-corrected chi connectivity index (χ4v) is 3.70. The van der Waals surface area contributed by atoms with Crippen molar-refractivity contribution in [2.45, 2.75) is 26.7 Å². The van der Waals surface area contributed by atoms with Gasteiger partial charge in [0.1, 0.15) is 5.75 Å². The standard InChI is InChI=1S/C24H24ClN3O3S/c1-16-15-19(25)9-12-21(16)31-13-3-6-23(29)28-27-17(2)18-7-10-20(11-8-18)26-24(30)22-5-4-14-32-22/h4-5,7-12,14-15H,3,6,13H2,1-2H3,(H,26,30)(H,28,29). The minimum atomic E-state index is -0.180. The molecule has 0 atom stereocenters. The summed E-state index contributed by atoms with van der Waals surface area (Å²) < 4.78 is 5.70. The smallest absolute Gasteiger partial charge is 0.265 e. The number of halogens is 1. The summed E-state index contributed by atoms with van der Waals surface area (Å²) in [5.74, 6) is 0.444. The molecule has 2 aromatic carbocycles. The molecule has 0 fully saturated rings. The molecule has 166 valence electrons. The number of carbonyl (C=O) groups is 2. The number of hydrazone groups is 1. The maximum atomic E-state index is 12.1. The first-order valence-electron chi connectivity index (χ1n) is 10.1. The molecule has 32 heavy (non-hydrogen) atoms. The largest absolute Gasteiger partial charge is 0.493 e. The number of carbonyl (C=O) groups excluding carboxylic acids is 2. The molecule has 0 spiro atoms. The van der Waals surface area contributed by atoms with Gasteiger partial charge >= 0.3 is 0 Å². The van der Waals surface area contributed by atoms with Crippen molar-refractivity contribution in [1.29, 1.82) is 0 Å². The molecule has 1 aromatic heterocycles. The first-order chi connectivity index (χ1) is 15.4. The van der Waals surface area contributed by atoms with Gasteiger partial charge < -0.3 is 10.1 Å². The summed E-state index contributed by atoms with van der Waals surface area (Å²) >= 11 is 7.32. The molecule has 0 aliphatic heterocycles. The molecule has 8 heteroatoms.